The van der Waals surface area contributed by atoms with E-state index >= 15 is 0 Å². The van der Waals surface area contributed by atoms with Gasteiger partial charge in [-0.1, -0.05) is 30.3 Å². The summed E-state index contributed by atoms with van der Waals surface area (Å²) in [5.74, 6) is 0.550. The van der Waals surface area contributed by atoms with Gasteiger partial charge in [-0.3, -0.25) is 4.90 Å². The van der Waals surface area contributed by atoms with Crippen molar-refractivity contribution in [1.82, 2.24) is 4.90 Å². The van der Waals surface area contributed by atoms with Gasteiger partial charge in [-0.15, -0.1) is 0 Å². The predicted octanol–water partition coefficient (Wildman–Crippen LogP) is 4.28. The second kappa shape index (κ2) is 10.2. The molecule has 2 atom stereocenters. The van der Waals surface area contributed by atoms with Crippen LogP contribution in [0.1, 0.15) is 29.5 Å². The van der Waals surface area contributed by atoms with Gasteiger partial charge in [-0.05, 0) is 78.8 Å². The van der Waals surface area contributed by atoms with Crippen molar-refractivity contribution < 1.29 is 28.5 Å². The summed E-state index contributed by atoms with van der Waals surface area (Å²) >= 11 is 0. The van der Waals surface area contributed by atoms with E-state index < -0.39 is 11.2 Å². The molecule has 5 rings (SSSR count). The van der Waals surface area contributed by atoms with Crippen LogP contribution >= 0.6 is 0 Å². The lowest BCUT2D eigenvalue weighted by molar-refractivity contribution is -0.0710. The highest BCUT2D eigenvalue weighted by Crippen LogP contribution is 2.37. The van der Waals surface area contributed by atoms with Gasteiger partial charge in [0.1, 0.15) is 34.3 Å². The smallest absolute Gasteiger partial charge is 0.145 e. The maximum atomic E-state index is 13.7. The molecule has 0 saturated heterocycles. The normalized spacial score (nSPS) is 22.9. The first-order valence-electron chi connectivity index (χ1n) is 12.3. The van der Waals surface area contributed by atoms with Crippen LogP contribution in [0.2, 0.25) is 0 Å². The molecule has 0 fully saturated rings. The zero-order valence-electron chi connectivity index (χ0n) is 20.1. The van der Waals surface area contributed by atoms with Crippen molar-refractivity contribution in [2.75, 3.05) is 26.3 Å². The Morgan fingerprint density at radius 3 is 1.69 bits per heavy atom. The van der Waals surface area contributed by atoms with Gasteiger partial charge in [0.2, 0.25) is 0 Å². The van der Waals surface area contributed by atoms with Crippen LogP contribution in [0.4, 0.5) is 8.78 Å². The third kappa shape index (κ3) is 5.24. The first-order chi connectivity index (χ1) is 17.4. The highest BCUT2D eigenvalue weighted by Gasteiger charge is 2.42. The summed E-state index contributed by atoms with van der Waals surface area (Å²) in [5.41, 5.74) is 0.896. The Balaban J connectivity index is 1.41. The van der Waals surface area contributed by atoms with E-state index in [1.54, 1.807) is 12.1 Å². The molecule has 0 bridgehead atoms. The third-order valence-corrected chi connectivity index (χ3v) is 7.25. The number of ether oxygens (including phenoxy) is 2. The molecule has 190 valence electrons. The van der Waals surface area contributed by atoms with E-state index in [2.05, 4.69) is 4.90 Å². The number of benzene rings is 3. The molecule has 0 radical (unpaired) electrons. The van der Waals surface area contributed by atoms with E-state index in [-0.39, 0.29) is 24.8 Å². The van der Waals surface area contributed by atoms with E-state index in [1.807, 2.05) is 30.3 Å². The van der Waals surface area contributed by atoms with Crippen LogP contribution in [0.5, 0.6) is 11.5 Å². The molecular formula is C29H31F2NO4. The third-order valence-electron chi connectivity index (χ3n) is 7.25. The number of halogens is 2. The highest BCUT2D eigenvalue weighted by atomic mass is 19.1. The number of nitrogens with zero attached hydrogens (tertiary/aromatic N) is 1. The largest absolute Gasteiger partial charge is 0.483 e. The molecule has 7 heteroatoms. The van der Waals surface area contributed by atoms with Crippen LogP contribution in [0, 0.1) is 11.6 Å². The van der Waals surface area contributed by atoms with Gasteiger partial charge < -0.3 is 19.7 Å². The minimum atomic E-state index is -0.883. The molecule has 36 heavy (non-hydrogen) atoms. The van der Waals surface area contributed by atoms with Crippen LogP contribution in [-0.2, 0) is 19.4 Å². The number of fused-ring (bicyclic) bond motifs is 2. The first-order valence-corrected chi connectivity index (χ1v) is 12.3. The Bertz CT molecular complexity index is 1130. The van der Waals surface area contributed by atoms with Crippen molar-refractivity contribution in [1.29, 1.82) is 0 Å². The standard InChI is InChI=1S/C29H31F2NO4/c30-24-6-8-26-22(14-24)10-12-28(19-33,35-26)17-32(16-21-4-2-1-3-5-21)18-29(20-34)13-11-23-15-25(31)7-9-27(23)36-29/h1-9,14-15,33-34H,10-13,16-20H2. The predicted molar refractivity (Wildman–Crippen MR) is 132 cm³/mol. The first kappa shape index (κ1) is 24.7. The molecule has 0 aliphatic carbocycles. The Labute approximate surface area is 209 Å². The fourth-order valence-electron chi connectivity index (χ4n) is 5.35. The molecule has 0 saturated carbocycles. The Morgan fingerprint density at radius 1 is 0.722 bits per heavy atom. The molecule has 2 heterocycles. The number of rotatable bonds is 8. The number of hydrogen-bond donors (Lipinski definition) is 2. The molecule has 2 aliphatic heterocycles. The fraction of sp³-hybridized carbons (Fsp3) is 0.379. The van der Waals surface area contributed by atoms with Gasteiger partial charge in [0, 0.05) is 19.6 Å². The molecule has 5 nitrogen and oxygen atoms in total. The second-order valence-corrected chi connectivity index (χ2v) is 10.0. The van der Waals surface area contributed by atoms with Gasteiger partial charge in [0.25, 0.3) is 0 Å². The molecule has 2 N–H and O–H groups in total. The summed E-state index contributed by atoms with van der Waals surface area (Å²) < 4.78 is 40.1. The molecule has 2 aliphatic rings. The highest BCUT2D eigenvalue weighted by molar-refractivity contribution is 5.38. The molecule has 0 spiro atoms. The van der Waals surface area contributed by atoms with Crippen LogP contribution in [0.3, 0.4) is 0 Å². The average Bonchev–Trinajstić information content (AvgIpc) is 2.89. The SMILES string of the molecule is OCC1(CN(Cc2ccccc2)CC2(CO)CCc3cc(F)ccc3O2)CCc2cc(F)ccc2O1. The fourth-order valence-corrected chi connectivity index (χ4v) is 5.35. The number of hydrogen-bond acceptors (Lipinski definition) is 5. The summed E-state index contributed by atoms with van der Waals surface area (Å²) in [5, 5.41) is 21.0. The monoisotopic (exact) mass is 495 g/mol. The minimum absolute atomic E-state index is 0.204. The average molecular weight is 496 g/mol. The lowest BCUT2D eigenvalue weighted by Crippen LogP contribution is -2.57. The topological polar surface area (TPSA) is 62.2 Å². The Hall–Kier alpha value is -3.00. The van der Waals surface area contributed by atoms with Gasteiger partial charge in [0.15, 0.2) is 0 Å². The molecule has 3 aromatic carbocycles. The zero-order valence-corrected chi connectivity index (χ0v) is 20.1. The maximum absolute atomic E-state index is 13.7. The number of aryl methyl sites for hydroxylation is 2. The summed E-state index contributed by atoms with van der Waals surface area (Å²) in [6, 6.07) is 18.9. The maximum Gasteiger partial charge on any atom is 0.145 e. The van der Waals surface area contributed by atoms with Crippen molar-refractivity contribution in [3.05, 3.63) is 95.1 Å². The van der Waals surface area contributed by atoms with Crippen molar-refractivity contribution in [2.24, 2.45) is 0 Å². The van der Waals surface area contributed by atoms with Crippen LogP contribution in [-0.4, -0.2) is 52.6 Å². The molecule has 0 aromatic heterocycles. The van der Waals surface area contributed by atoms with Gasteiger partial charge in [-0.25, -0.2) is 8.78 Å². The summed E-state index contributed by atoms with van der Waals surface area (Å²) in [6.45, 7) is 0.922. The molecule has 2 unspecified atom stereocenters. The lowest BCUT2D eigenvalue weighted by atomic mass is 9.88. The van der Waals surface area contributed by atoms with E-state index in [0.717, 1.165) is 16.7 Å². The second-order valence-electron chi connectivity index (χ2n) is 10.0. The van der Waals surface area contributed by atoms with Crippen LogP contribution < -0.4 is 9.47 Å². The van der Waals surface area contributed by atoms with Crippen molar-refractivity contribution in [2.45, 2.75) is 43.4 Å². The van der Waals surface area contributed by atoms with E-state index in [4.69, 9.17) is 9.47 Å². The summed E-state index contributed by atoms with van der Waals surface area (Å²) in [6.07, 6.45) is 2.24. The van der Waals surface area contributed by atoms with Crippen molar-refractivity contribution >= 4 is 0 Å². The Kier molecular flexibility index (Phi) is 6.97. The minimum Gasteiger partial charge on any atom is -0.483 e. The quantitative estimate of drug-likeness (QED) is 0.489. The van der Waals surface area contributed by atoms with E-state index in [0.29, 0.717) is 56.8 Å². The van der Waals surface area contributed by atoms with Gasteiger partial charge >= 0.3 is 0 Å². The summed E-state index contributed by atoms with van der Waals surface area (Å²) in [4.78, 5) is 2.14. The van der Waals surface area contributed by atoms with Crippen LogP contribution in [0.15, 0.2) is 66.7 Å². The number of aliphatic hydroxyl groups excluding tert-OH is 2. The molecule has 3 aromatic rings. The van der Waals surface area contributed by atoms with E-state index in [1.165, 1.54) is 24.3 Å². The Morgan fingerprint density at radius 2 is 1.22 bits per heavy atom. The zero-order chi connectivity index (χ0) is 25.2. The molecule has 0 amide bonds. The number of aliphatic hydroxyl groups is 2. The van der Waals surface area contributed by atoms with E-state index in [9.17, 15) is 19.0 Å². The lowest BCUT2D eigenvalue weighted by Gasteiger charge is -2.45. The van der Waals surface area contributed by atoms with Crippen molar-refractivity contribution in [3.63, 3.8) is 0 Å². The summed E-state index contributed by atoms with van der Waals surface area (Å²) in [7, 11) is 0. The van der Waals surface area contributed by atoms with Crippen LogP contribution in [0.25, 0.3) is 0 Å². The van der Waals surface area contributed by atoms with Gasteiger partial charge in [0.05, 0.1) is 13.2 Å². The van der Waals surface area contributed by atoms with Gasteiger partial charge in [-0.2, -0.15) is 0 Å². The van der Waals surface area contributed by atoms with Crippen molar-refractivity contribution in [3.8, 4) is 11.5 Å². The molecular weight excluding hydrogens is 464 g/mol.